The molecule has 0 bridgehead atoms. The first-order valence-corrected chi connectivity index (χ1v) is 7.70. The molecular weight excluding hydrogens is 304 g/mol. The molecule has 1 amide bonds. The lowest BCUT2D eigenvalue weighted by atomic mass is 10.1. The minimum atomic E-state index is -0.216. The summed E-state index contributed by atoms with van der Waals surface area (Å²) in [5.41, 5.74) is 2.47. The van der Waals surface area contributed by atoms with Crippen molar-refractivity contribution in [3.63, 3.8) is 0 Å². The lowest BCUT2D eigenvalue weighted by molar-refractivity contribution is 0.0977. The van der Waals surface area contributed by atoms with Crippen LogP contribution in [0.5, 0.6) is 0 Å². The zero-order valence-corrected chi connectivity index (χ0v) is 13.5. The molecule has 3 aromatic carbocycles. The highest BCUT2D eigenvalue weighted by Gasteiger charge is 2.08. The van der Waals surface area contributed by atoms with Gasteiger partial charge in [-0.2, -0.15) is 0 Å². The van der Waals surface area contributed by atoms with Crippen LogP contribution < -0.4 is 10.6 Å². The van der Waals surface area contributed by atoms with Gasteiger partial charge in [-0.05, 0) is 54.2 Å². The smallest absolute Gasteiger partial charge is 0.257 e. The Morgan fingerprint density at radius 3 is 2.48 bits per heavy atom. The van der Waals surface area contributed by atoms with Crippen molar-refractivity contribution in [2.75, 3.05) is 5.32 Å². The minimum absolute atomic E-state index is 0.216. The summed E-state index contributed by atoms with van der Waals surface area (Å²) in [6, 6.07) is 21.4. The fourth-order valence-electron chi connectivity index (χ4n) is 2.39. The number of nitrogens with one attached hydrogen (secondary N) is 2. The van der Waals surface area contributed by atoms with E-state index in [9.17, 15) is 4.79 Å². The van der Waals surface area contributed by atoms with Gasteiger partial charge in [0.1, 0.15) is 0 Å². The lowest BCUT2D eigenvalue weighted by Gasteiger charge is -2.10. The molecule has 4 heteroatoms. The topological polar surface area (TPSA) is 41.1 Å². The standard InChI is InChI=1S/C19H16N2OS/c1-13-5-4-8-16(11-13)18(22)21-19(23)20-17-10-9-14-6-2-3-7-15(14)12-17/h2-12H,1H3,(H2,20,21,22,23). The van der Waals surface area contributed by atoms with Crippen molar-refractivity contribution in [2.45, 2.75) is 6.92 Å². The number of amides is 1. The second kappa shape index (κ2) is 6.58. The molecule has 0 radical (unpaired) electrons. The molecule has 0 aliphatic carbocycles. The predicted molar refractivity (Wildman–Crippen MR) is 98.8 cm³/mol. The number of carbonyl (C=O) groups is 1. The maximum atomic E-state index is 12.2. The molecule has 0 spiro atoms. The van der Waals surface area contributed by atoms with Gasteiger partial charge in [0.15, 0.2) is 5.11 Å². The molecule has 3 rings (SSSR count). The largest absolute Gasteiger partial charge is 0.332 e. The van der Waals surface area contributed by atoms with E-state index >= 15 is 0 Å². The molecule has 0 saturated heterocycles. The Bertz CT molecular complexity index is 889. The van der Waals surface area contributed by atoms with Crippen molar-refractivity contribution in [3.8, 4) is 0 Å². The molecule has 0 unspecified atom stereocenters. The molecule has 23 heavy (non-hydrogen) atoms. The van der Waals surface area contributed by atoms with E-state index in [-0.39, 0.29) is 11.0 Å². The van der Waals surface area contributed by atoms with Gasteiger partial charge in [-0.3, -0.25) is 10.1 Å². The second-order valence-electron chi connectivity index (χ2n) is 5.34. The Labute approximate surface area is 140 Å². The zero-order valence-electron chi connectivity index (χ0n) is 12.7. The summed E-state index contributed by atoms with van der Waals surface area (Å²) in [4.78, 5) is 12.2. The zero-order chi connectivity index (χ0) is 16.2. The summed E-state index contributed by atoms with van der Waals surface area (Å²) in [7, 11) is 0. The van der Waals surface area contributed by atoms with Crippen LogP contribution in [0.4, 0.5) is 5.69 Å². The van der Waals surface area contributed by atoms with Crippen LogP contribution in [-0.2, 0) is 0 Å². The second-order valence-corrected chi connectivity index (χ2v) is 5.75. The van der Waals surface area contributed by atoms with Gasteiger partial charge in [0.05, 0.1) is 0 Å². The highest BCUT2D eigenvalue weighted by atomic mass is 32.1. The number of carbonyl (C=O) groups excluding carboxylic acids is 1. The first-order valence-electron chi connectivity index (χ1n) is 7.29. The van der Waals surface area contributed by atoms with Crippen molar-refractivity contribution >= 4 is 39.7 Å². The Balaban J connectivity index is 1.69. The molecule has 0 heterocycles. The van der Waals surface area contributed by atoms with Gasteiger partial charge in [-0.25, -0.2) is 0 Å². The summed E-state index contributed by atoms with van der Waals surface area (Å²) < 4.78 is 0. The van der Waals surface area contributed by atoms with E-state index < -0.39 is 0 Å². The van der Waals surface area contributed by atoms with Crippen LogP contribution in [0.1, 0.15) is 15.9 Å². The molecular formula is C19H16N2OS. The number of hydrogen-bond acceptors (Lipinski definition) is 2. The fraction of sp³-hybridized carbons (Fsp3) is 0.0526. The van der Waals surface area contributed by atoms with Gasteiger partial charge in [0.2, 0.25) is 0 Å². The maximum Gasteiger partial charge on any atom is 0.257 e. The van der Waals surface area contributed by atoms with Crippen molar-refractivity contribution in [3.05, 3.63) is 77.9 Å². The number of anilines is 1. The first-order chi connectivity index (χ1) is 11.1. The van der Waals surface area contributed by atoms with Crippen molar-refractivity contribution in [1.82, 2.24) is 5.32 Å². The van der Waals surface area contributed by atoms with Gasteiger partial charge in [0, 0.05) is 11.3 Å². The fourth-order valence-corrected chi connectivity index (χ4v) is 2.60. The molecule has 0 aliphatic rings. The van der Waals surface area contributed by atoms with E-state index in [1.54, 1.807) is 6.07 Å². The number of benzene rings is 3. The Kier molecular flexibility index (Phi) is 4.35. The third kappa shape index (κ3) is 3.73. The van der Waals surface area contributed by atoms with Crippen LogP contribution in [0.25, 0.3) is 10.8 Å². The molecule has 0 fully saturated rings. The van der Waals surface area contributed by atoms with Gasteiger partial charge in [-0.1, -0.05) is 48.0 Å². The average Bonchev–Trinajstić information content (AvgIpc) is 2.54. The van der Waals surface area contributed by atoms with E-state index in [0.717, 1.165) is 22.0 Å². The van der Waals surface area contributed by atoms with Crippen LogP contribution in [0.2, 0.25) is 0 Å². The van der Waals surface area contributed by atoms with Crippen molar-refractivity contribution in [1.29, 1.82) is 0 Å². The molecule has 3 nitrogen and oxygen atoms in total. The van der Waals surface area contributed by atoms with E-state index in [1.165, 1.54) is 0 Å². The van der Waals surface area contributed by atoms with Crippen LogP contribution in [0.15, 0.2) is 66.7 Å². The Morgan fingerprint density at radius 2 is 1.70 bits per heavy atom. The van der Waals surface area contributed by atoms with Crippen LogP contribution in [0, 0.1) is 6.92 Å². The van der Waals surface area contributed by atoms with E-state index in [1.807, 2.05) is 61.5 Å². The summed E-state index contributed by atoms with van der Waals surface area (Å²) in [6.45, 7) is 1.95. The van der Waals surface area contributed by atoms with E-state index in [0.29, 0.717) is 5.56 Å². The summed E-state index contributed by atoms with van der Waals surface area (Å²) in [5.74, 6) is -0.216. The number of thiocarbonyl (C=S) groups is 1. The van der Waals surface area contributed by atoms with Gasteiger partial charge >= 0.3 is 0 Å². The maximum absolute atomic E-state index is 12.2. The molecule has 0 aliphatic heterocycles. The molecule has 3 aromatic rings. The molecule has 0 atom stereocenters. The summed E-state index contributed by atoms with van der Waals surface area (Å²) in [5, 5.41) is 8.31. The summed E-state index contributed by atoms with van der Waals surface area (Å²) >= 11 is 5.22. The third-order valence-electron chi connectivity index (χ3n) is 3.51. The van der Waals surface area contributed by atoms with Gasteiger partial charge in [-0.15, -0.1) is 0 Å². The number of aryl methyl sites for hydroxylation is 1. The first kappa shape index (κ1) is 15.2. The number of rotatable bonds is 2. The van der Waals surface area contributed by atoms with Crippen molar-refractivity contribution in [2.24, 2.45) is 0 Å². The van der Waals surface area contributed by atoms with Gasteiger partial charge in [0.25, 0.3) is 5.91 Å². The highest BCUT2D eigenvalue weighted by molar-refractivity contribution is 7.80. The number of hydrogen-bond donors (Lipinski definition) is 2. The van der Waals surface area contributed by atoms with Crippen LogP contribution in [-0.4, -0.2) is 11.0 Å². The monoisotopic (exact) mass is 320 g/mol. The predicted octanol–water partition coefficient (Wildman–Crippen LogP) is 4.28. The molecule has 0 saturated carbocycles. The van der Waals surface area contributed by atoms with E-state index in [2.05, 4.69) is 16.7 Å². The van der Waals surface area contributed by atoms with Gasteiger partial charge < -0.3 is 5.32 Å². The highest BCUT2D eigenvalue weighted by Crippen LogP contribution is 2.18. The van der Waals surface area contributed by atoms with Crippen LogP contribution in [0.3, 0.4) is 0 Å². The van der Waals surface area contributed by atoms with Crippen molar-refractivity contribution < 1.29 is 4.79 Å². The molecule has 2 N–H and O–H groups in total. The Hall–Kier alpha value is -2.72. The normalized spacial score (nSPS) is 10.3. The summed E-state index contributed by atoms with van der Waals surface area (Å²) in [6.07, 6.45) is 0. The lowest BCUT2D eigenvalue weighted by Crippen LogP contribution is -2.34. The molecule has 0 aromatic heterocycles. The quantitative estimate of drug-likeness (QED) is 0.693. The van der Waals surface area contributed by atoms with Crippen LogP contribution >= 0.6 is 12.2 Å². The third-order valence-corrected chi connectivity index (χ3v) is 3.72. The SMILES string of the molecule is Cc1cccc(C(=O)NC(=S)Nc2ccc3ccccc3c2)c1. The average molecular weight is 320 g/mol. The number of fused-ring (bicyclic) bond motifs is 1. The molecule has 114 valence electrons. The Morgan fingerprint density at radius 1 is 0.913 bits per heavy atom. The van der Waals surface area contributed by atoms with E-state index in [4.69, 9.17) is 12.2 Å². The minimum Gasteiger partial charge on any atom is -0.332 e.